The summed E-state index contributed by atoms with van der Waals surface area (Å²) < 4.78 is 0. The van der Waals surface area contributed by atoms with Gasteiger partial charge in [-0.2, -0.15) is 0 Å². The average molecular weight is 286 g/mol. The lowest BCUT2D eigenvalue weighted by Gasteiger charge is -2.15. The Morgan fingerprint density at radius 1 is 1.29 bits per heavy atom. The molecule has 0 aromatic rings. The van der Waals surface area contributed by atoms with Gasteiger partial charge in [0.05, 0.1) is 5.57 Å². The van der Waals surface area contributed by atoms with Crippen LogP contribution in [0.2, 0.25) is 0 Å². The first-order chi connectivity index (χ1) is 10.0. The molecule has 0 radical (unpaired) electrons. The fourth-order valence-electron chi connectivity index (χ4n) is 1.93. The molecule has 1 rings (SSSR count). The van der Waals surface area contributed by atoms with E-state index in [1.54, 1.807) is 12.2 Å². The maximum Gasteiger partial charge on any atom is 0.250 e. The van der Waals surface area contributed by atoms with Gasteiger partial charge in [-0.05, 0) is 26.2 Å². The van der Waals surface area contributed by atoms with Crippen LogP contribution >= 0.6 is 0 Å². The van der Waals surface area contributed by atoms with Gasteiger partial charge in [0.25, 0.3) is 0 Å². The normalized spacial score (nSPS) is 15.4. The molecule has 0 atom stereocenters. The van der Waals surface area contributed by atoms with Gasteiger partial charge in [0.15, 0.2) is 0 Å². The van der Waals surface area contributed by atoms with E-state index in [0.29, 0.717) is 24.1 Å². The van der Waals surface area contributed by atoms with E-state index in [-0.39, 0.29) is 5.91 Å². The van der Waals surface area contributed by atoms with E-state index in [0.717, 1.165) is 18.4 Å². The van der Waals surface area contributed by atoms with E-state index < -0.39 is 5.91 Å². The summed E-state index contributed by atoms with van der Waals surface area (Å²) in [6.45, 7) is 5.56. The van der Waals surface area contributed by atoms with Crippen molar-refractivity contribution in [3.63, 3.8) is 0 Å². The SMILES string of the molecule is C=C/C=C\C=C(/C)CCC(=O)NC1=CCCC=C1C(N)=O. The number of nitrogens with one attached hydrogen (secondary N) is 1. The zero-order valence-corrected chi connectivity index (χ0v) is 12.4. The maximum absolute atomic E-state index is 11.9. The Morgan fingerprint density at radius 3 is 2.67 bits per heavy atom. The molecule has 0 saturated carbocycles. The largest absolute Gasteiger partial charge is 0.366 e. The van der Waals surface area contributed by atoms with Crippen molar-refractivity contribution in [2.75, 3.05) is 0 Å². The lowest BCUT2D eigenvalue weighted by molar-refractivity contribution is -0.120. The lowest BCUT2D eigenvalue weighted by atomic mass is 10.0. The molecule has 1 aliphatic rings. The van der Waals surface area contributed by atoms with Crippen LogP contribution in [0, 0.1) is 0 Å². The fraction of sp³-hybridized carbons (Fsp3) is 0.294. The van der Waals surface area contributed by atoms with Gasteiger partial charge >= 0.3 is 0 Å². The minimum atomic E-state index is -0.508. The second kappa shape index (κ2) is 8.74. The molecule has 0 fully saturated rings. The summed E-state index contributed by atoms with van der Waals surface area (Å²) in [7, 11) is 0. The number of primary amides is 1. The van der Waals surface area contributed by atoms with Crippen LogP contribution in [0.15, 0.2) is 59.9 Å². The third-order valence-corrected chi connectivity index (χ3v) is 3.07. The minimum Gasteiger partial charge on any atom is -0.366 e. The summed E-state index contributed by atoms with van der Waals surface area (Å²) in [5.74, 6) is -0.623. The monoisotopic (exact) mass is 286 g/mol. The van der Waals surface area contributed by atoms with Crippen LogP contribution in [0.5, 0.6) is 0 Å². The van der Waals surface area contributed by atoms with Crippen LogP contribution < -0.4 is 11.1 Å². The highest BCUT2D eigenvalue weighted by Gasteiger charge is 2.16. The van der Waals surface area contributed by atoms with E-state index in [1.165, 1.54) is 0 Å². The Kier molecular flexibility index (Phi) is 6.95. The highest BCUT2D eigenvalue weighted by Crippen LogP contribution is 2.16. The predicted molar refractivity (Wildman–Crippen MR) is 85.1 cm³/mol. The number of carbonyl (C=O) groups is 2. The molecule has 0 aromatic carbocycles. The van der Waals surface area contributed by atoms with Crippen LogP contribution in [0.1, 0.15) is 32.6 Å². The highest BCUT2D eigenvalue weighted by molar-refractivity contribution is 5.98. The first-order valence-corrected chi connectivity index (χ1v) is 6.99. The summed E-state index contributed by atoms with van der Waals surface area (Å²) in [5.41, 5.74) is 7.34. The molecule has 1 aliphatic carbocycles. The molecule has 2 amide bonds. The molecule has 0 unspecified atom stereocenters. The third-order valence-electron chi connectivity index (χ3n) is 3.07. The molecule has 0 bridgehead atoms. The predicted octanol–water partition coefficient (Wildman–Crippen LogP) is 2.66. The third kappa shape index (κ3) is 6.08. The van der Waals surface area contributed by atoms with Gasteiger partial charge in [-0.3, -0.25) is 9.59 Å². The van der Waals surface area contributed by atoms with Gasteiger partial charge < -0.3 is 11.1 Å². The van der Waals surface area contributed by atoms with Crippen molar-refractivity contribution in [1.29, 1.82) is 0 Å². The van der Waals surface area contributed by atoms with E-state index in [9.17, 15) is 9.59 Å². The van der Waals surface area contributed by atoms with E-state index in [4.69, 9.17) is 5.73 Å². The van der Waals surface area contributed by atoms with Gasteiger partial charge in [-0.25, -0.2) is 0 Å². The number of nitrogens with two attached hydrogens (primary N) is 1. The number of hydrogen-bond acceptors (Lipinski definition) is 2. The summed E-state index contributed by atoms with van der Waals surface area (Å²) in [6.07, 6.45) is 13.6. The lowest BCUT2D eigenvalue weighted by Crippen LogP contribution is -2.29. The quantitative estimate of drug-likeness (QED) is 0.706. The Labute approximate surface area is 125 Å². The number of rotatable bonds is 7. The Morgan fingerprint density at radius 2 is 2.00 bits per heavy atom. The first-order valence-electron chi connectivity index (χ1n) is 6.99. The van der Waals surface area contributed by atoms with Crippen molar-refractivity contribution < 1.29 is 9.59 Å². The van der Waals surface area contributed by atoms with Crippen molar-refractivity contribution in [2.24, 2.45) is 5.73 Å². The van der Waals surface area contributed by atoms with Crippen molar-refractivity contribution in [3.8, 4) is 0 Å². The zero-order chi connectivity index (χ0) is 15.7. The molecule has 0 heterocycles. The van der Waals surface area contributed by atoms with Gasteiger partial charge in [0.2, 0.25) is 11.8 Å². The highest BCUT2D eigenvalue weighted by atomic mass is 16.2. The standard InChI is InChI=1S/C17H22N2O2/c1-3-4-5-8-13(2)11-12-16(20)19-15-10-7-6-9-14(15)17(18)21/h3-5,8-10H,1,6-7,11-12H2,2H3,(H2,18,21)(H,19,20)/b5-4-,13-8+. The van der Waals surface area contributed by atoms with Crippen LogP contribution in [0.25, 0.3) is 0 Å². The second-order valence-corrected chi connectivity index (χ2v) is 4.86. The van der Waals surface area contributed by atoms with Crippen LogP contribution in [0.3, 0.4) is 0 Å². The second-order valence-electron chi connectivity index (χ2n) is 4.86. The van der Waals surface area contributed by atoms with Crippen molar-refractivity contribution >= 4 is 11.8 Å². The van der Waals surface area contributed by atoms with Gasteiger partial charge in [0, 0.05) is 12.1 Å². The number of amides is 2. The van der Waals surface area contributed by atoms with Crippen LogP contribution in [0.4, 0.5) is 0 Å². The maximum atomic E-state index is 11.9. The van der Waals surface area contributed by atoms with Crippen LogP contribution in [-0.2, 0) is 9.59 Å². The Hall–Kier alpha value is -2.36. The van der Waals surface area contributed by atoms with Crippen molar-refractivity contribution in [2.45, 2.75) is 32.6 Å². The summed E-state index contributed by atoms with van der Waals surface area (Å²) in [4.78, 5) is 23.2. The number of carbonyl (C=O) groups excluding carboxylic acids is 2. The first kappa shape index (κ1) is 16.7. The van der Waals surface area contributed by atoms with Gasteiger partial charge in [0.1, 0.15) is 0 Å². The minimum absolute atomic E-state index is 0.115. The molecule has 0 saturated heterocycles. The molecule has 0 aromatic heterocycles. The molecular formula is C17H22N2O2. The number of allylic oxidation sites excluding steroid dienone is 7. The molecule has 0 aliphatic heterocycles. The van der Waals surface area contributed by atoms with E-state index in [1.807, 2.05) is 31.2 Å². The Balaban J connectivity index is 2.50. The number of hydrogen-bond donors (Lipinski definition) is 2. The van der Waals surface area contributed by atoms with Crippen molar-refractivity contribution in [1.82, 2.24) is 5.32 Å². The van der Waals surface area contributed by atoms with E-state index in [2.05, 4.69) is 11.9 Å². The molecule has 0 spiro atoms. The van der Waals surface area contributed by atoms with Gasteiger partial charge in [-0.15, -0.1) is 0 Å². The van der Waals surface area contributed by atoms with Crippen molar-refractivity contribution in [3.05, 3.63) is 59.9 Å². The summed E-state index contributed by atoms with van der Waals surface area (Å²) >= 11 is 0. The van der Waals surface area contributed by atoms with E-state index >= 15 is 0 Å². The topological polar surface area (TPSA) is 72.2 Å². The summed E-state index contributed by atoms with van der Waals surface area (Å²) in [6, 6.07) is 0. The fourth-order valence-corrected chi connectivity index (χ4v) is 1.93. The Bertz CT molecular complexity index is 537. The van der Waals surface area contributed by atoms with Crippen LogP contribution in [-0.4, -0.2) is 11.8 Å². The molecule has 3 N–H and O–H groups in total. The molecule has 112 valence electrons. The molecule has 4 nitrogen and oxygen atoms in total. The molecule has 21 heavy (non-hydrogen) atoms. The smallest absolute Gasteiger partial charge is 0.250 e. The zero-order valence-electron chi connectivity index (χ0n) is 12.4. The van der Waals surface area contributed by atoms with Gasteiger partial charge in [-0.1, -0.05) is 48.6 Å². The average Bonchev–Trinajstić information content (AvgIpc) is 2.46. The molecule has 4 heteroatoms. The molecular weight excluding hydrogens is 264 g/mol. The summed E-state index contributed by atoms with van der Waals surface area (Å²) in [5, 5.41) is 2.76.